The van der Waals surface area contributed by atoms with Crippen LogP contribution in [0.15, 0.2) is 39.7 Å². The minimum atomic E-state index is -1.18. The molecule has 0 atom stereocenters. The van der Waals surface area contributed by atoms with Gasteiger partial charge < -0.3 is 5.11 Å². The van der Waals surface area contributed by atoms with Crippen molar-refractivity contribution in [2.75, 3.05) is 0 Å². The standard InChI is InChI=1S/C12H6BrClFNO3/c13-8-3-7(15)4-9(14)11(8)16-5-6(12(18)19)1-2-10(16)17/h1-5H,(H,18,19). The summed E-state index contributed by atoms with van der Waals surface area (Å²) < 4.78 is 14.4. The second-order valence-electron chi connectivity index (χ2n) is 3.65. The van der Waals surface area contributed by atoms with Crippen LogP contribution in [0.4, 0.5) is 4.39 Å². The molecule has 4 nitrogen and oxygen atoms in total. The highest BCUT2D eigenvalue weighted by Crippen LogP contribution is 2.29. The van der Waals surface area contributed by atoms with Gasteiger partial charge in [0.05, 0.1) is 16.3 Å². The summed E-state index contributed by atoms with van der Waals surface area (Å²) in [6, 6.07) is 4.48. The molecule has 0 unspecified atom stereocenters. The molecule has 0 fully saturated rings. The molecule has 1 N–H and O–H groups in total. The van der Waals surface area contributed by atoms with Gasteiger partial charge in [0.1, 0.15) is 5.82 Å². The average Bonchev–Trinajstić information content (AvgIpc) is 2.29. The fourth-order valence-electron chi connectivity index (χ4n) is 1.55. The molecule has 0 bridgehead atoms. The average molecular weight is 347 g/mol. The second kappa shape index (κ2) is 5.14. The minimum absolute atomic E-state index is 0.00323. The lowest BCUT2D eigenvalue weighted by molar-refractivity contribution is 0.0696. The van der Waals surface area contributed by atoms with Gasteiger partial charge in [-0.15, -0.1) is 0 Å². The van der Waals surface area contributed by atoms with Crippen molar-refractivity contribution in [2.24, 2.45) is 0 Å². The van der Waals surface area contributed by atoms with Gasteiger partial charge in [-0.2, -0.15) is 0 Å². The van der Waals surface area contributed by atoms with Gasteiger partial charge in [-0.3, -0.25) is 9.36 Å². The molecule has 2 aromatic rings. The summed E-state index contributed by atoms with van der Waals surface area (Å²) in [5.41, 5.74) is -0.359. The Hall–Kier alpha value is -1.66. The number of carbonyl (C=O) groups is 1. The van der Waals surface area contributed by atoms with Crippen molar-refractivity contribution in [3.8, 4) is 5.69 Å². The summed E-state index contributed by atoms with van der Waals surface area (Å²) in [5, 5.41) is 8.91. The Morgan fingerprint density at radius 2 is 2.05 bits per heavy atom. The lowest BCUT2D eigenvalue weighted by atomic mass is 10.2. The van der Waals surface area contributed by atoms with Crippen molar-refractivity contribution in [1.82, 2.24) is 4.57 Å². The van der Waals surface area contributed by atoms with Crippen LogP contribution in [0.25, 0.3) is 5.69 Å². The smallest absolute Gasteiger partial charge is 0.337 e. The van der Waals surface area contributed by atoms with Crippen LogP contribution in [-0.2, 0) is 0 Å². The minimum Gasteiger partial charge on any atom is -0.478 e. The van der Waals surface area contributed by atoms with Gasteiger partial charge in [-0.1, -0.05) is 11.6 Å². The van der Waals surface area contributed by atoms with Gasteiger partial charge in [0, 0.05) is 16.7 Å². The van der Waals surface area contributed by atoms with E-state index in [1.54, 1.807) is 0 Å². The van der Waals surface area contributed by atoms with Crippen LogP contribution in [0.1, 0.15) is 10.4 Å². The third-order valence-corrected chi connectivity index (χ3v) is 3.27. The van der Waals surface area contributed by atoms with Crippen molar-refractivity contribution in [3.63, 3.8) is 0 Å². The summed E-state index contributed by atoms with van der Waals surface area (Å²) in [7, 11) is 0. The molecule has 1 aromatic heterocycles. The van der Waals surface area contributed by atoms with E-state index in [-0.39, 0.29) is 20.7 Å². The molecule has 0 saturated heterocycles. The highest BCUT2D eigenvalue weighted by atomic mass is 79.9. The summed E-state index contributed by atoms with van der Waals surface area (Å²) in [5.74, 6) is -1.74. The summed E-state index contributed by atoms with van der Waals surface area (Å²) in [6.45, 7) is 0. The summed E-state index contributed by atoms with van der Waals surface area (Å²) >= 11 is 8.99. The molecule has 1 aromatic carbocycles. The Bertz CT molecular complexity index is 706. The zero-order valence-electron chi connectivity index (χ0n) is 9.23. The number of aromatic nitrogens is 1. The number of rotatable bonds is 2. The molecule has 7 heteroatoms. The monoisotopic (exact) mass is 345 g/mol. The fourth-order valence-corrected chi connectivity index (χ4v) is 2.59. The number of carboxylic acids is 1. The molecule has 0 radical (unpaired) electrons. The van der Waals surface area contributed by atoms with E-state index in [4.69, 9.17) is 16.7 Å². The number of nitrogens with zero attached hydrogens (tertiary/aromatic N) is 1. The van der Waals surface area contributed by atoms with Crippen LogP contribution in [0.2, 0.25) is 5.02 Å². The Morgan fingerprint density at radius 3 is 2.63 bits per heavy atom. The van der Waals surface area contributed by atoms with E-state index in [2.05, 4.69) is 15.9 Å². The van der Waals surface area contributed by atoms with Crippen molar-refractivity contribution in [1.29, 1.82) is 0 Å². The van der Waals surface area contributed by atoms with Gasteiger partial charge in [-0.25, -0.2) is 9.18 Å². The molecular formula is C12H6BrClFNO3. The van der Waals surface area contributed by atoms with E-state index in [0.717, 1.165) is 29.0 Å². The molecular weight excluding hydrogens is 340 g/mol. The SMILES string of the molecule is O=C(O)c1ccc(=O)n(-c2c(Cl)cc(F)cc2Br)c1. The molecule has 2 rings (SSSR count). The zero-order chi connectivity index (χ0) is 14.2. The predicted molar refractivity (Wildman–Crippen MR) is 71.7 cm³/mol. The first-order valence-corrected chi connectivity index (χ1v) is 6.18. The number of benzene rings is 1. The first-order chi connectivity index (χ1) is 8.90. The normalized spacial score (nSPS) is 10.5. The quantitative estimate of drug-likeness (QED) is 0.909. The number of hydrogen-bond acceptors (Lipinski definition) is 2. The highest BCUT2D eigenvalue weighted by molar-refractivity contribution is 9.10. The van der Waals surface area contributed by atoms with Crippen molar-refractivity contribution in [2.45, 2.75) is 0 Å². The van der Waals surface area contributed by atoms with E-state index < -0.39 is 17.3 Å². The van der Waals surface area contributed by atoms with Crippen molar-refractivity contribution in [3.05, 3.63) is 61.7 Å². The van der Waals surface area contributed by atoms with E-state index >= 15 is 0 Å². The van der Waals surface area contributed by atoms with E-state index in [1.165, 1.54) is 6.07 Å². The van der Waals surface area contributed by atoms with Crippen LogP contribution in [0.3, 0.4) is 0 Å². The first-order valence-electron chi connectivity index (χ1n) is 5.01. The highest BCUT2D eigenvalue weighted by Gasteiger charge is 2.13. The third-order valence-electron chi connectivity index (χ3n) is 2.38. The van der Waals surface area contributed by atoms with E-state index in [1.807, 2.05) is 0 Å². The van der Waals surface area contributed by atoms with Crippen molar-refractivity contribution < 1.29 is 14.3 Å². The van der Waals surface area contributed by atoms with Crippen LogP contribution >= 0.6 is 27.5 Å². The third kappa shape index (κ3) is 2.69. The molecule has 19 heavy (non-hydrogen) atoms. The van der Waals surface area contributed by atoms with Crippen LogP contribution < -0.4 is 5.56 Å². The molecule has 0 aliphatic carbocycles. The second-order valence-corrected chi connectivity index (χ2v) is 4.91. The predicted octanol–water partition coefficient (Wildman–Crippen LogP) is 3.09. The number of halogens is 3. The lowest BCUT2D eigenvalue weighted by Crippen LogP contribution is -2.19. The molecule has 0 amide bonds. The topological polar surface area (TPSA) is 59.3 Å². The van der Waals surface area contributed by atoms with Crippen LogP contribution in [-0.4, -0.2) is 15.6 Å². The first kappa shape index (κ1) is 13.8. The molecule has 0 aliphatic heterocycles. The van der Waals surface area contributed by atoms with Gasteiger partial charge in [0.15, 0.2) is 0 Å². The van der Waals surface area contributed by atoms with Gasteiger partial charge >= 0.3 is 5.97 Å². The number of aromatic carboxylic acids is 1. The number of hydrogen-bond donors (Lipinski definition) is 1. The maximum absolute atomic E-state index is 13.1. The van der Waals surface area contributed by atoms with Crippen LogP contribution in [0.5, 0.6) is 0 Å². The Morgan fingerprint density at radius 1 is 1.37 bits per heavy atom. The molecule has 1 heterocycles. The maximum Gasteiger partial charge on any atom is 0.337 e. The Labute approximate surface area is 120 Å². The van der Waals surface area contributed by atoms with Gasteiger partial charge in [-0.05, 0) is 34.1 Å². The van der Waals surface area contributed by atoms with Gasteiger partial charge in [0.25, 0.3) is 5.56 Å². The van der Waals surface area contributed by atoms with E-state index in [9.17, 15) is 14.0 Å². The zero-order valence-corrected chi connectivity index (χ0v) is 11.6. The number of carboxylic acid groups (broad SMARTS) is 1. The Balaban J connectivity index is 2.75. The van der Waals surface area contributed by atoms with Gasteiger partial charge in [0.2, 0.25) is 0 Å². The Kier molecular flexibility index (Phi) is 3.73. The lowest BCUT2D eigenvalue weighted by Gasteiger charge is -2.11. The van der Waals surface area contributed by atoms with E-state index in [0.29, 0.717) is 0 Å². The summed E-state index contributed by atoms with van der Waals surface area (Å²) in [6.07, 6.45) is 1.13. The van der Waals surface area contributed by atoms with Crippen LogP contribution in [0, 0.1) is 5.82 Å². The maximum atomic E-state index is 13.1. The fraction of sp³-hybridized carbons (Fsp3) is 0. The summed E-state index contributed by atoms with van der Waals surface area (Å²) in [4.78, 5) is 22.7. The molecule has 0 aliphatic rings. The largest absolute Gasteiger partial charge is 0.478 e. The molecule has 0 saturated carbocycles. The molecule has 98 valence electrons. The van der Waals surface area contributed by atoms with Crippen molar-refractivity contribution >= 4 is 33.5 Å². The molecule has 0 spiro atoms. The number of pyridine rings is 1.